The van der Waals surface area contributed by atoms with E-state index >= 15 is 0 Å². The van der Waals surface area contributed by atoms with Gasteiger partial charge in [0.2, 0.25) is 0 Å². The highest BCUT2D eigenvalue weighted by molar-refractivity contribution is 4.86. The fourth-order valence-electron chi connectivity index (χ4n) is 2.61. The van der Waals surface area contributed by atoms with Crippen molar-refractivity contribution in [2.45, 2.75) is 56.8 Å². The van der Waals surface area contributed by atoms with Crippen molar-refractivity contribution in [1.29, 1.82) is 0 Å². The smallest absolute Gasteiger partial charge is 0.0815 e. The molecule has 4 nitrogen and oxygen atoms in total. The SMILES string of the molecule is CCC1CC(NCC2(O)CCOCC2)CCO1. The van der Waals surface area contributed by atoms with Crippen molar-refractivity contribution < 1.29 is 14.6 Å². The molecule has 2 saturated heterocycles. The second kappa shape index (κ2) is 6.14. The Kier molecular flexibility index (Phi) is 4.79. The Morgan fingerprint density at radius 2 is 2.06 bits per heavy atom. The number of rotatable bonds is 4. The molecule has 0 spiro atoms. The van der Waals surface area contributed by atoms with Gasteiger partial charge in [-0.05, 0) is 19.3 Å². The fourth-order valence-corrected chi connectivity index (χ4v) is 2.61. The first kappa shape index (κ1) is 13.3. The average molecular weight is 243 g/mol. The van der Waals surface area contributed by atoms with E-state index in [2.05, 4.69) is 12.2 Å². The molecule has 0 aromatic heterocycles. The van der Waals surface area contributed by atoms with Crippen molar-refractivity contribution in [1.82, 2.24) is 5.32 Å². The summed E-state index contributed by atoms with van der Waals surface area (Å²) in [4.78, 5) is 0. The summed E-state index contributed by atoms with van der Waals surface area (Å²) in [5, 5.41) is 13.9. The van der Waals surface area contributed by atoms with Crippen molar-refractivity contribution in [3.63, 3.8) is 0 Å². The van der Waals surface area contributed by atoms with Crippen LogP contribution in [0.4, 0.5) is 0 Å². The monoisotopic (exact) mass is 243 g/mol. The van der Waals surface area contributed by atoms with Gasteiger partial charge in [-0.3, -0.25) is 0 Å². The molecule has 2 rings (SSSR count). The molecule has 0 amide bonds. The fraction of sp³-hybridized carbons (Fsp3) is 1.00. The molecule has 4 heteroatoms. The molecule has 2 heterocycles. The minimum Gasteiger partial charge on any atom is -0.388 e. The van der Waals surface area contributed by atoms with Crippen molar-refractivity contribution in [3.8, 4) is 0 Å². The van der Waals surface area contributed by atoms with Crippen LogP contribution in [0, 0.1) is 0 Å². The molecule has 0 radical (unpaired) electrons. The number of ether oxygens (including phenoxy) is 2. The first-order valence-corrected chi connectivity index (χ1v) is 6.87. The molecule has 0 aromatic carbocycles. The molecule has 17 heavy (non-hydrogen) atoms. The lowest BCUT2D eigenvalue weighted by Crippen LogP contribution is -2.49. The van der Waals surface area contributed by atoms with E-state index in [4.69, 9.17) is 9.47 Å². The molecule has 2 N–H and O–H groups in total. The van der Waals surface area contributed by atoms with Gasteiger partial charge < -0.3 is 19.9 Å². The van der Waals surface area contributed by atoms with Crippen molar-refractivity contribution in [2.75, 3.05) is 26.4 Å². The summed E-state index contributed by atoms with van der Waals surface area (Å²) >= 11 is 0. The predicted octanol–water partition coefficient (Wildman–Crippen LogP) is 1.08. The summed E-state index contributed by atoms with van der Waals surface area (Å²) in [6, 6.07) is 0.501. The third-order valence-electron chi connectivity index (χ3n) is 3.97. The molecule has 100 valence electrons. The third-order valence-corrected chi connectivity index (χ3v) is 3.97. The molecule has 2 aliphatic rings. The maximum absolute atomic E-state index is 10.4. The van der Waals surface area contributed by atoms with Gasteiger partial charge >= 0.3 is 0 Å². The van der Waals surface area contributed by atoms with Gasteiger partial charge in [-0.1, -0.05) is 6.92 Å². The largest absolute Gasteiger partial charge is 0.388 e. The summed E-state index contributed by atoms with van der Waals surface area (Å²) in [7, 11) is 0. The van der Waals surface area contributed by atoms with Crippen LogP contribution in [0.1, 0.15) is 39.0 Å². The average Bonchev–Trinajstić information content (AvgIpc) is 2.38. The van der Waals surface area contributed by atoms with Crippen LogP contribution in [0.5, 0.6) is 0 Å². The van der Waals surface area contributed by atoms with Crippen LogP contribution >= 0.6 is 0 Å². The van der Waals surface area contributed by atoms with E-state index in [0.29, 0.717) is 31.9 Å². The summed E-state index contributed by atoms with van der Waals surface area (Å²) < 4.78 is 10.9. The summed E-state index contributed by atoms with van der Waals surface area (Å²) in [5.41, 5.74) is -0.557. The zero-order valence-corrected chi connectivity index (χ0v) is 10.8. The molecule has 2 fully saturated rings. The van der Waals surface area contributed by atoms with Gasteiger partial charge in [-0.2, -0.15) is 0 Å². The van der Waals surface area contributed by atoms with Gasteiger partial charge in [-0.15, -0.1) is 0 Å². The second-order valence-corrected chi connectivity index (χ2v) is 5.34. The topological polar surface area (TPSA) is 50.7 Å². The van der Waals surface area contributed by atoms with Crippen LogP contribution in [-0.2, 0) is 9.47 Å². The Bertz CT molecular complexity index is 229. The maximum Gasteiger partial charge on any atom is 0.0815 e. The van der Waals surface area contributed by atoms with E-state index in [1.165, 1.54) is 0 Å². The Balaban J connectivity index is 1.73. The Morgan fingerprint density at radius 3 is 2.76 bits per heavy atom. The Hall–Kier alpha value is -0.160. The summed E-state index contributed by atoms with van der Waals surface area (Å²) in [6.45, 7) is 5.07. The Morgan fingerprint density at radius 1 is 1.29 bits per heavy atom. The van der Waals surface area contributed by atoms with E-state index in [1.54, 1.807) is 0 Å². The van der Waals surface area contributed by atoms with E-state index in [1.807, 2.05) is 0 Å². The van der Waals surface area contributed by atoms with Gasteiger partial charge in [0.15, 0.2) is 0 Å². The van der Waals surface area contributed by atoms with Crippen LogP contribution in [0.2, 0.25) is 0 Å². The molecule has 0 bridgehead atoms. The van der Waals surface area contributed by atoms with E-state index in [-0.39, 0.29) is 0 Å². The van der Waals surface area contributed by atoms with Crippen molar-refractivity contribution in [2.24, 2.45) is 0 Å². The number of aliphatic hydroxyl groups is 1. The number of nitrogens with one attached hydrogen (secondary N) is 1. The quantitative estimate of drug-likeness (QED) is 0.775. The number of hydrogen-bond donors (Lipinski definition) is 2. The minimum absolute atomic E-state index is 0.394. The zero-order chi connectivity index (χ0) is 12.1. The van der Waals surface area contributed by atoms with Crippen LogP contribution in [-0.4, -0.2) is 49.2 Å². The normalized spacial score (nSPS) is 33.5. The van der Waals surface area contributed by atoms with Gasteiger partial charge in [0.05, 0.1) is 11.7 Å². The molecular weight excluding hydrogens is 218 g/mol. The van der Waals surface area contributed by atoms with Crippen molar-refractivity contribution in [3.05, 3.63) is 0 Å². The lowest BCUT2D eigenvalue weighted by atomic mass is 9.93. The summed E-state index contributed by atoms with van der Waals surface area (Å²) in [5.74, 6) is 0. The molecule has 2 atom stereocenters. The third kappa shape index (κ3) is 3.91. The van der Waals surface area contributed by atoms with E-state index in [9.17, 15) is 5.11 Å². The number of hydrogen-bond acceptors (Lipinski definition) is 4. The van der Waals surface area contributed by atoms with Gasteiger partial charge in [0.1, 0.15) is 0 Å². The highest BCUT2D eigenvalue weighted by Gasteiger charge is 2.31. The van der Waals surface area contributed by atoms with Gasteiger partial charge in [0, 0.05) is 45.2 Å². The van der Waals surface area contributed by atoms with Gasteiger partial charge in [-0.25, -0.2) is 0 Å². The van der Waals surface area contributed by atoms with Crippen LogP contribution in [0.25, 0.3) is 0 Å². The summed E-state index contributed by atoms with van der Waals surface area (Å²) in [6.07, 6.45) is 5.11. The van der Waals surface area contributed by atoms with Crippen LogP contribution in [0.15, 0.2) is 0 Å². The lowest BCUT2D eigenvalue weighted by molar-refractivity contribution is -0.0667. The van der Waals surface area contributed by atoms with E-state index in [0.717, 1.165) is 38.7 Å². The standard InChI is InChI=1S/C13H25NO3/c1-2-12-9-11(3-6-17-12)14-10-13(15)4-7-16-8-5-13/h11-12,14-15H,2-10H2,1H3. The minimum atomic E-state index is -0.557. The van der Waals surface area contributed by atoms with Crippen LogP contribution in [0.3, 0.4) is 0 Å². The highest BCUT2D eigenvalue weighted by Crippen LogP contribution is 2.21. The Labute approximate surface area is 104 Å². The van der Waals surface area contributed by atoms with Crippen LogP contribution < -0.4 is 5.32 Å². The van der Waals surface area contributed by atoms with Crippen molar-refractivity contribution >= 4 is 0 Å². The first-order valence-electron chi connectivity index (χ1n) is 6.87. The molecule has 2 aliphatic heterocycles. The highest BCUT2D eigenvalue weighted by atomic mass is 16.5. The zero-order valence-electron chi connectivity index (χ0n) is 10.8. The molecule has 2 unspecified atom stereocenters. The lowest BCUT2D eigenvalue weighted by Gasteiger charge is -2.36. The predicted molar refractivity (Wildman–Crippen MR) is 66.1 cm³/mol. The molecular formula is C13H25NO3. The molecule has 0 aromatic rings. The maximum atomic E-state index is 10.4. The molecule has 0 saturated carbocycles. The first-order chi connectivity index (χ1) is 8.22. The van der Waals surface area contributed by atoms with Gasteiger partial charge in [0.25, 0.3) is 0 Å². The molecule has 0 aliphatic carbocycles. The van der Waals surface area contributed by atoms with E-state index < -0.39 is 5.60 Å². The second-order valence-electron chi connectivity index (χ2n) is 5.34.